The fraction of sp³-hybridized carbons (Fsp3) is 0.286. The van der Waals surface area contributed by atoms with Gasteiger partial charge in [-0.25, -0.2) is 0 Å². The molecule has 2 amide bonds. The first-order chi connectivity index (χ1) is 8.63. The minimum Gasteiger partial charge on any atom is -0.376 e. The van der Waals surface area contributed by atoms with E-state index in [4.69, 9.17) is 5.11 Å². The van der Waals surface area contributed by atoms with Gasteiger partial charge in [0.15, 0.2) is 0 Å². The van der Waals surface area contributed by atoms with E-state index in [0.29, 0.717) is 17.6 Å². The largest absolute Gasteiger partial charge is 0.376 e. The summed E-state index contributed by atoms with van der Waals surface area (Å²) in [5.74, 6) is -0.714. The molecule has 0 atom stereocenters. The summed E-state index contributed by atoms with van der Waals surface area (Å²) in [5.41, 5.74) is 4.04. The normalized spacial score (nSPS) is 18.2. The van der Waals surface area contributed by atoms with Gasteiger partial charge in [-0.15, -0.1) is 0 Å². The number of hydrogen-bond donors (Lipinski definition) is 1. The molecule has 0 spiro atoms. The van der Waals surface area contributed by atoms with E-state index >= 15 is 0 Å². The highest BCUT2D eigenvalue weighted by atomic mass is 16.3. The third kappa shape index (κ3) is 1.36. The van der Waals surface area contributed by atoms with Crippen LogP contribution in [-0.2, 0) is 16.0 Å². The van der Waals surface area contributed by atoms with E-state index in [9.17, 15) is 9.59 Å². The van der Waals surface area contributed by atoms with Crippen LogP contribution in [-0.4, -0.2) is 28.6 Å². The second-order valence-electron chi connectivity index (χ2n) is 4.69. The number of carbonyl (C=O) groups is 2. The van der Waals surface area contributed by atoms with Crippen molar-refractivity contribution < 1.29 is 14.7 Å². The van der Waals surface area contributed by atoms with Gasteiger partial charge in [0.05, 0.1) is 5.57 Å². The number of fused-ring (bicyclic) bond motifs is 2. The Morgan fingerprint density at radius 1 is 1.22 bits per heavy atom. The predicted molar refractivity (Wildman–Crippen MR) is 65.4 cm³/mol. The maximum atomic E-state index is 12.1. The van der Waals surface area contributed by atoms with Crippen LogP contribution >= 0.6 is 0 Å². The average Bonchev–Trinajstić information content (AvgIpc) is 2.61. The maximum Gasteiger partial charge on any atom is 0.263 e. The molecule has 0 aromatic heterocycles. The molecule has 1 aromatic rings. The van der Waals surface area contributed by atoms with Crippen molar-refractivity contribution in [3.63, 3.8) is 0 Å². The van der Waals surface area contributed by atoms with Gasteiger partial charge in [0.1, 0.15) is 6.73 Å². The van der Waals surface area contributed by atoms with Gasteiger partial charge < -0.3 is 5.11 Å². The second-order valence-corrected chi connectivity index (χ2v) is 4.69. The Morgan fingerprint density at radius 3 is 2.72 bits per heavy atom. The monoisotopic (exact) mass is 243 g/mol. The molecule has 2 aliphatic rings. The van der Waals surface area contributed by atoms with Crippen LogP contribution in [0.1, 0.15) is 23.1 Å². The second kappa shape index (κ2) is 3.78. The van der Waals surface area contributed by atoms with E-state index in [-0.39, 0.29) is 11.8 Å². The van der Waals surface area contributed by atoms with Gasteiger partial charge in [0.2, 0.25) is 0 Å². The average molecular weight is 243 g/mol. The molecule has 0 radical (unpaired) electrons. The van der Waals surface area contributed by atoms with E-state index < -0.39 is 6.73 Å². The van der Waals surface area contributed by atoms with Gasteiger partial charge in [-0.1, -0.05) is 23.8 Å². The lowest BCUT2D eigenvalue weighted by atomic mass is 9.86. The van der Waals surface area contributed by atoms with Crippen molar-refractivity contribution in [1.29, 1.82) is 0 Å². The van der Waals surface area contributed by atoms with E-state index in [0.717, 1.165) is 28.0 Å². The molecule has 0 fully saturated rings. The van der Waals surface area contributed by atoms with Gasteiger partial charge >= 0.3 is 0 Å². The van der Waals surface area contributed by atoms with Crippen molar-refractivity contribution in [2.24, 2.45) is 0 Å². The number of imide groups is 1. The van der Waals surface area contributed by atoms with Gasteiger partial charge in [0, 0.05) is 5.57 Å². The number of amides is 2. The van der Waals surface area contributed by atoms with Crippen LogP contribution in [0.4, 0.5) is 0 Å². The quantitative estimate of drug-likeness (QED) is 0.749. The van der Waals surface area contributed by atoms with Gasteiger partial charge in [0.25, 0.3) is 11.8 Å². The fourth-order valence-electron chi connectivity index (χ4n) is 2.66. The summed E-state index contributed by atoms with van der Waals surface area (Å²) in [6, 6.07) is 5.96. The minimum atomic E-state index is -0.550. The standard InChI is InChI=1S/C14H13NO3/c1-8-2-3-9-4-5-10-12(11(9)6-8)14(18)15(7-16)13(10)17/h2-3,6,16H,4-5,7H2,1H3. The molecule has 0 saturated heterocycles. The Morgan fingerprint density at radius 2 is 2.00 bits per heavy atom. The lowest BCUT2D eigenvalue weighted by Crippen LogP contribution is -2.32. The van der Waals surface area contributed by atoms with Crippen molar-refractivity contribution in [1.82, 2.24) is 4.90 Å². The number of aryl methyl sites for hydroxylation is 2. The zero-order chi connectivity index (χ0) is 12.9. The molecule has 0 bridgehead atoms. The smallest absolute Gasteiger partial charge is 0.263 e. The lowest BCUT2D eigenvalue weighted by Gasteiger charge is -2.16. The van der Waals surface area contributed by atoms with Crippen molar-refractivity contribution in [3.8, 4) is 0 Å². The van der Waals surface area contributed by atoms with E-state index in [2.05, 4.69) is 0 Å². The SMILES string of the molecule is Cc1ccc2c(c1)C1=C(CC2)C(=O)N(CO)C1=O. The van der Waals surface area contributed by atoms with Crippen LogP contribution < -0.4 is 0 Å². The Bertz CT molecular complexity index is 601. The van der Waals surface area contributed by atoms with Crippen LogP contribution in [0.2, 0.25) is 0 Å². The zero-order valence-electron chi connectivity index (χ0n) is 10.1. The third-order valence-corrected chi connectivity index (χ3v) is 3.58. The minimum absolute atomic E-state index is 0.343. The summed E-state index contributed by atoms with van der Waals surface area (Å²) in [4.78, 5) is 25.0. The van der Waals surface area contributed by atoms with Crippen molar-refractivity contribution in [2.45, 2.75) is 19.8 Å². The van der Waals surface area contributed by atoms with E-state index in [1.165, 1.54) is 0 Å². The summed E-state index contributed by atoms with van der Waals surface area (Å²) >= 11 is 0. The lowest BCUT2D eigenvalue weighted by molar-refractivity contribution is -0.140. The topological polar surface area (TPSA) is 57.6 Å². The first-order valence-corrected chi connectivity index (χ1v) is 5.93. The highest BCUT2D eigenvalue weighted by Crippen LogP contribution is 2.38. The molecule has 0 unspecified atom stereocenters. The summed E-state index contributed by atoms with van der Waals surface area (Å²) in [7, 11) is 0. The number of aliphatic hydroxyl groups is 1. The molecular weight excluding hydrogens is 230 g/mol. The molecule has 1 aromatic carbocycles. The van der Waals surface area contributed by atoms with Crippen molar-refractivity contribution in [2.75, 3.05) is 6.73 Å². The third-order valence-electron chi connectivity index (χ3n) is 3.58. The Labute approximate surface area is 105 Å². The molecule has 4 heteroatoms. The molecule has 1 aliphatic heterocycles. The number of nitrogens with zero attached hydrogens (tertiary/aromatic N) is 1. The Balaban J connectivity index is 2.20. The molecule has 4 nitrogen and oxygen atoms in total. The number of rotatable bonds is 1. The van der Waals surface area contributed by atoms with E-state index in [1.807, 2.05) is 25.1 Å². The van der Waals surface area contributed by atoms with Crippen LogP contribution in [0.3, 0.4) is 0 Å². The molecular formula is C14H13NO3. The van der Waals surface area contributed by atoms with Crippen molar-refractivity contribution >= 4 is 17.4 Å². The van der Waals surface area contributed by atoms with Crippen molar-refractivity contribution in [3.05, 3.63) is 40.5 Å². The van der Waals surface area contributed by atoms with Gasteiger partial charge in [-0.05, 0) is 30.9 Å². The van der Waals surface area contributed by atoms with Crippen LogP contribution in [0.15, 0.2) is 23.8 Å². The van der Waals surface area contributed by atoms with Crippen LogP contribution in [0.25, 0.3) is 5.57 Å². The highest BCUT2D eigenvalue weighted by molar-refractivity contribution is 6.36. The fourth-order valence-corrected chi connectivity index (χ4v) is 2.66. The highest BCUT2D eigenvalue weighted by Gasteiger charge is 2.40. The Hall–Kier alpha value is -1.94. The molecule has 92 valence electrons. The number of hydrogen-bond acceptors (Lipinski definition) is 3. The molecule has 1 heterocycles. The first-order valence-electron chi connectivity index (χ1n) is 5.93. The molecule has 1 N–H and O–H groups in total. The molecule has 0 saturated carbocycles. The first kappa shape index (κ1) is 11.2. The molecule has 3 rings (SSSR count). The predicted octanol–water partition coefficient (Wildman–Crippen LogP) is 1.01. The van der Waals surface area contributed by atoms with E-state index in [1.54, 1.807) is 0 Å². The summed E-state index contributed by atoms with van der Waals surface area (Å²) in [6.07, 6.45) is 1.35. The van der Waals surface area contributed by atoms with Gasteiger partial charge in [-0.2, -0.15) is 0 Å². The number of benzene rings is 1. The molecule has 18 heavy (non-hydrogen) atoms. The maximum absolute atomic E-state index is 12.1. The summed E-state index contributed by atoms with van der Waals surface area (Å²) in [6.45, 7) is 1.41. The van der Waals surface area contributed by atoms with Crippen LogP contribution in [0, 0.1) is 6.92 Å². The summed E-state index contributed by atoms with van der Waals surface area (Å²) < 4.78 is 0. The number of carbonyl (C=O) groups excluding carboxylic acids is 2. The summed E-state index contributed by atoms with van der Waals surface area (Å²) in [5, 5.41) is 9.11. The number of aliphatic hydroxyl groups excluding tert-OH is 1. The van der Waals surface area contributed by atoms with Crippen LogP contribution in [0.5, 0.6) is 0 Å². The Kier molecular flexibility index (Phi) is 2.35. The zero-order valence-corrected chi connectivity index (χ0v) is 10.1. The molecule has 1 aliphatic carbocycles. The van der Waals surface area contributed by atoms with Gasteiger partial charge in [-0.3, -0.25) is 14.5 Å².